The molecule has 1 heterocycles. The number of benzene rings is 1. The van der Waals surface area contributed by atoms with E-state index in [4.69, 9.17) is 9.72 Å². The summed E-state index contributed by atoms with van der Waals surface area (Å²) < 4.78 is 6.12. The predicted molar refractivity (Wildman–Crippen MR) is 86.6 cm³/mol. The summed E-state index contributed by atoms with van der Waals surface area (Å²) in [6.07, 6.45) is 2.16. The first-order valence-electron chi connectivity index (χ1n) is 7.05. The summed E-state index contributed by atoms with van der Waals surface area (Å²) in [5.74, 6) is 1.97. The van der Waals surface area contributed by atoms with Crippen molar-refractivity contribution in [2.45, 2.75) is 25.4 Å². The van der Waals surface area contributed by atoms with Crippen molar-refractivity contribution in [3.8, 4) is 0 Å². The van der Waals surface area contributed by atoms with Crippen LogP contribution in [0.5, 0.6) is 0 Å². The van der Waals surface area contributed by atoms with E-state index in [1.165, 1.54) is 11.1 Å². The molecule has 0 saturated carbocycles. The van der Waals surface area contributed by atoms with E-state index in [1.54, 1.807) is 7.11 Å². The SMILES string of the molecule is CNc1nc(C2CCc3ccccc32)nc(COC)c1Br. The summed E-state index contributed by atoms with van der Waals surface area (Å²) in [5, 5.41) is 3.13. The van der Waals surface area contributed by atoms with Crippen LogP contribution in [-0.2, 0) is 17.8 Å². The molecule has 1 aliphatic carbocycles. The highest BCUT2D eigenvalue weighted by molar-refractivity contribution is 9.10. The maximum Gasteiger partial charge on any atom is 0.144 e. The Balaban J connectivity index is 2.05. The van der Waals surface area contributed by atoms with E-state index in [1.807, 2.05) is 7.05 Å². The van der Waals surface area contributed by atoms with Gasteiger partial charge in [0, 0.05) is 20.1 Å². The fourth-order valence-corrected chi connectivity index (χ4v) is 3.38. The molecule has 110 valence electrons. The second-order valence-electron chi connectivity index (χ2n) is 5.16. The van der Waals surface area contributed by atoms with Gasteiger partial charge in [-0.15, -0.1) is 0 Å². The second kappa shape index (κ2) is 6.12. The number of rotatable bonds is 4. The monoisotopic (exact) mass is 347 g/mol. The van der Waals surface area contributed by atoms with Crippen LogP contribution < -0.4 is 5.32 Å². The lowest BCUT2D eigenvalue weighted by Gasteiger charge is -2.15. The topological polar surface area (TPSA) is 47.0 Å². The van der Waals surface area contributed by atoms with E-state index in [-0.39, 0.29) is 5.92 Å². The molecule has 1 aliphatic rings. The van der Waals surface area contributed by atoms with Crippen LogP contribution in [0, 0.1) is 0 Å². The number of nitrogens with zero attached hydrogens (tertiary/aromatic N) is 2. The van der Waals surface area contributed by atoms with Crippen LogP contribution in [-0.4, -0.2) is 24.1 Å². The quantitative estimate of drug-likeness (QED) is 0.919. The second-order valence-corrected chi connectivity index (χ2v) is 5.96. The van der Waals surface area contributed by atoms with Crippen molar-refractivity contribution in [1.82, 2.24) is 9.97 Å². The van der Waals surface area contributed by atoms with E-state index < -0.39 is 0 Å². The zero-order chi connectivity index (χ0) is 14.8. The maximum atomic E-state index is 5.25. The first kappa shape index (κ1) is 14.5. The Bertz CT molecular complexity index is 660. The molecule has 0 bridgehead atoms. The van der Waals surface area contributed by atoms with Crippen LogP contribution in [0.2, 0.25) is 0 Å². The Morgan fingerprint density at radius 1 is 1.33 bits per heavy atom. The van der Waals surface area contributed by atoms with Crippen molar-refractivity contribution in [2.24, 2.45) is 0 Å². The largest absolute Gasteiger partial charge is 0.378 e. The average Bonchev–Trinajstić information content (AvgIpc) is 2.93. The molecule has 0 saturated heterocycles. The van der Waals surface area contributed by atoms with Gasteiger partial charge < -0.3 is 10.1 Å². The molecular formula is C16H18BrN3O. The van der Waals surface area contributed by atoms with Crippen molar-refractivity contribution in [2.75, 3.05) is 19.5 Å². The molecular weight excluding hydrogens is 330 g/mol. The van der Waals surface area contributed by atoms with E-state index in [0.717, 1.165) is 34.7 Å². The minimum Gasteiger partial charge on any atom is -0.378 e. The van der Waals surface area contributed by atoms with E-state index in [0.29, 0.717) is 6.61 Å². The molecule has 5 heteroatoms. The Morgan fingerprint density at radius 2 is 2.14 bits per heavy atom. The molecule has 1 unspecified atom stereocenters. The number of methoxy groups -OCH3 is 1. The molecule has 1 atom stereocenters. The molecule has 0 amide bonds. The third kappa shape index (κ3) is 2.68. The summed E-state index contributed by atoms with van der Waals surface area (Å²) in [6, 6.07) is 8.57. The zero-order valence-electron chi connectivity index (χ0n) is 12.2. The predicted octanol–water partition coefficient (Wildman–Crippen LogP) is 3.51. The van der Waals surface area contributed by atoms with Gasteiger partial charge in [0.2, 0.25) is 0 Å². The van der Waals surface area contributed by atoms with E-state index in [2.05, 4.69) is 50.5 Å². The highest BCUT2D eigenvalue weighted by atomic mass is 79.9. The van der Waals surface area contributed by atoms with E-state index in [9.17, 15) is 0 Å². The molecule has 0 radical (unpaired) electrons. The normalized spacial score (nSPS) is 16.8. The Hall–Kier alpha value is -1.46. The third-order valence-electron chi connectivity index (χ3n) is 3.90. The van der Waals surface area contributed by atoms with Crippen LogP contribution in [0.4, 0.5) is 5.82 Å². The van der Waals surface area contributed by atoms with Gasteiger partial charge in [0.05, 0.1) is 16.8 Å². The molecule has 21 heavy (non-hydrogen) atoms. The Kier molecular flexibility index (Phi) is 4.22. The van der Waals surface area contributed by atoms with Crippen molar-refractivity contribution in [3.63, 3.8) is 0 Å². The highest BCUT2D eigenvalue weighted by Crippen LogP contribution is 2.38. The van der Waals surface area contributed by atoms with Gasteiger partial charge in [-0.05, 0) is 39.9 Å². The van der Waals surface area contributed by atoms with Crippen LogP contribution >= 0.6 is 15.9 Å². The van der Waals surface area contributed by atoms with Crippen molar-refractivity contribution in [3.05, 3.63) is 51.4 Å². The number of anilines is 1. The number of halogens is 1. The number of ether oxygens (including phenoxy) is 1. The summed E-state index contributed by atoms with van der Waals surface area (Å²) in [7, 11) is 3.55. The zero-order valence-corrected chi connectivity index (χ0v) is 13.8. The first-order chi connectivity index (χ1) is 10.2. The number of hydrogen-bond acceptors (Lipinski definition) is 4. The Labute approximate surface area is 133 Å². The minimum absolute atomic E-state index is 0.275. The summed E-state index contributed by atoms with van der Waals surface area (Å²) in [4.78, 5) is 9.42. The van der Waals surface area contributed by atoms with Gasteiger partial charge in [0.15, 0.2) is 0 Å². The number of aryl methyl sites for hydroxylation is 1. The lowest BCUT2D eigenvalue weighted by Crippen LogP contribution is -2.10. The van der Waals surface area contributed by atoms with Gasteiger partial charge in [-0.25, -0.2) is 9.97 Å². The lowest BCUT2D eigenvalue weighted by molar-refractivity contribution is 0.180. The molecule has 3 rings (SSSR count). The molecule has 4 nitrogen and oxygen atoms in total. The molecule has 2 aromatic rings. The molecule has 0 fully saturated rings. The summed E-state index contributed by atoms with van der Waals surface area (Å²) in [6.45, 7) is 0.471. The number of fused-ring (bicyclic) bond motifs is 1. The number of nitrogens with one attached hydrogen (secondary N) is 1. The van der Waals surface area contributed by atoms with Crippen LogP contribution in [0.25, 0.3) is 0 Å². The number of hydrogen-bond donors (Lipinski definition) is 1. The van der Waals surface area contributed by atoms with Crippen molar-refractivity contribution < 1.29 is 4.74 Å². The van der Waals surface area contributed by atoms with Crippen LogP contribution in [0.15, 0.2) is 28.7 Å². The Morgan fingerprint density at radius 3 is 2.90 bits per heavy atom. The van der Waals surface area contributed by atoms with Gasteiger partial charge >= 0.3 is 0 Å². The molecule has 1 N–H and O–H groups in total. The van der Waals surface area contributed by atoms with Crippen LogP contribution in [0.3, 0.4) is 0 Å². The highest BCUT2D eigenvalue weighted by Gasteiger charge is 2.27. The summed E-state index contributed by atoms with van der Waals surface area (Å²) >= 11 is 3.55. The van der Waals surface area contributed by atoms with Crippen LogP contribution in [0.1, 0.15) is 35.0 Å². The average molecular weight is 348 g/mol. The molecule has 1 aromatic heterocycles. The fourth-order valence-electron chi connectivity index (χ4n) is 2.89. The maximum absolute atomic E-state index is 5.25. The molecule has 0 spiro atoms. The number of aromatic nitrogens is 2. The lowest BCUT2D eigenvalue weighted by atomic mass is 10.0. The molecule has 1 aromatic carbocycles. The third-order valence-corrected chi connectivity index (χ3v) is 4.73. The van der Waals surface area contributed by atoms with Gasteiger partial charge in [-0.2, -0.15) is 0 Å². The minimum atomic E-state index is 0.275. The van der Waals surface area contributed by atoms with Gasteiger partial charge in [0.25, 0.3) is 0 Å². The molecule has 0 aliphatic heterocycles. The summed E-state index contributed by atoms with van der Waals surface area (Å²) in [5.41, 5.74) is 3.65. The van der Waals surface area contributed by atoms with Crippen molar-refractivity contribution >= 4 is 21.7 Å². The smallest absolute Gasteiger partial charge is 0.144 e. The van der Waals surface area contributed by atoms with Crippen molar-refractivity contribution in [1.29, 1.82) is 0 Å². The van der Waals surface area contributed by atoms with E-state index >= 15 is 0 Å². The van der Waals surface area contributed by atoms with Gasteiger partial charge in [-0.3, -0.25) is 0 Å². The van der Waals surface area contributed by atoms with Gasteiger partial charge in [-0.1, -0.05) is 24.3 Å². The van der Waals surface area contributed by atoms with Gasteiger partial charge in [0.1, 0.15) is 11.6 Å². The standard InChI is InChI=1S/C16H18BrN3O/c1-18-16-14(17)13(9-21-2)19-15(20-16)12-8-7-10-5-3-4-6-11(10)12/h3-6,12H,7-9H2,1-2H3,(H,18,19,20). The first-order valence-corrected chi connectivity index (χ1v) is 7.84. The fraction of sp³-hybridized carbons (Fsp3) is 0.375.